The zero-order chi connectivity index (χ0) is 18.7. The number of hydrogen-bond donors (Lipinski definition) is 2. The maximum Gasteiger partial charge on any atom is 0.322 e. The fraction of sp³-hybridized carbons (Fsp3) is 0.500. The van der Waals surface area contributed by atoms with Gasteiger partial charge in [0.1, 0.15) is 23.2 Å². The summed E-state index contributed by atoms with van der Waals surface area (Å²) < 4.78 is 19.0. The molecule has 0 saturated carbocycles. The Labute approximate surface area is 150 Å². The van der Waals surface area contributed by atoms with Gasteiger partial charge in [-0.2, -0.15) is 0 Å². The summed E-state index contributed by atoms with van der Waals surface area (Å²) in [6.07, 6.45) is 1.70. The maximum absolute atomic E-state index is 13.2. The Hall–Kier alpha value is -2.64. The maximum atomic E-state index is 13.2. The molecular weight excluding hydrogens is 341 g/mol. The van der Waals surface area contributed by atoms with Gasteiger partial charge in [-0.05, 0) is 25.5 Å². The largest absolute Gasteiger partial charge is 0.490 e. The number of benzene rings is 1. The number of amides is 4. The van der Waals surface area contributed by atoms with Gasteiger partial charge in [-0.1, -0.05) is 6.07 Å². The third-order valence-corrected chi connectivity index (χ3v) is 4.85. The molecule has 2 fully saturated rings. The molecule has 0 spiro atoms. The molecule has 8 heteroatoms. The summed E-state index contributed by atoms with van der Waals surface area (Å²) in [7, 11) is 0. The molecule has 1 aromatic rings. The van der Waals surface area contributed by atoms with E-state index in [9.17, 15) is 18.8 Å². The molecule has 140 valence electrons. The molecule has 3 rings (SSSR count). The van der Waals surface area contributed by atoms with Gasteiger partial charge in [0.2, 0.25) is 5.91 Å². The van der Waals surface area contributed by atoms with Crippen molar-refractivity contribution < 1.29 is 23.5 Å². The Morgan fingerprint density at radius 2 is 2.08 bits per heavy atom. The molecule has 0 aromatic heterocycles. The van der Waals surface area contributed by atoms with Crippen molar-refractivity contribution >= 4 is 17.8 Å². The smallest absolute Gasteiger partial charge is 0.322 e. The first-order chi connectivity index (χ1) is 12.4. The Bertz CT molecular complexity index is 718. The quantitative estimate of drug-likeness (QED) is 0.778. The molecule has 26 heavy (non-hydrogen) atoms. The minimum Gasteiger partial charge on any atom is -0.490 e. The fourth-order valence-electron chi connectivity index (χ4n) is 3.23. The molecule has 1 aromatic carbocycles. The van der Waals surface area contributed by atoms with E-state index in [1.54, 1.807) is 24.0 Å². The van der Waals surface area contributed by atoms with Crippen LogP contribution in [0.2, 0.25) is 0 Å². The number of carbonyl (C=O) groups excluding carboxylic acids is 3. The van der Waals surface area contributed by atoms with Crippen LogP contribution in [-0.2, 0) is 9.59 Å². The molecule has 0 radical (unpaired) electrons. The van der Waals surface area contributed by atoms with E-state index in [0.29, 0.717) is 31.7 Å². The molecule has 7 nitrogen and oxygen atoms in total. The van der Waals surface area contributed by atoms with Gasteiger partial charge < -0.3 is 15.0 Å². The van der Waals surface area contributed by atoms with Gasteiger partial charge in [0.25, 0.3) is 5.91 Å². The lowest BCUT2D eigenvalue weighted by Crippen LogP contribution is -2.46. The van der Waals surface area contributed by atoms with Crippen LogP contribution in [0.1, 0.15) is 32.6 Å². The Morgan fingerprint density at radius 1 is 1.35 bits per heavy atom. The van der Waals surface area contributed by atoms with Crippen molar-refractivity contribution in [2.24, 2.45) is 0 Å². The number of urea groups is 1. The van der Waals surface area contributed by atoms with Crippen molar-refractivity contribution in [3.05, 3.63) is 30.1 Å². The molecule has 4 amide bonds. The monoisotopic (exact) mass is 363 g/mol. The normalized spacial score (nSPS) is 23.5. The lowest BCUT2D eigenvalue weighted by atomic mass is 9.95. The zero-order valence-electron chi connectivity index (χ0n) is 14.6. The first-order valence-corrected chi connectivity index (χ1v) is 8.69. The molecule has 2 aliphatic heterocycles. The number of halogens is 1. The first kappa shape index (κ1) is 18.2. The average Bonchev–Trinajstić information content (AvgIpc) is 2.86. The zero-order valence-corrected chi connectivity index (χ0v) is 14.6. The van der Waals surface area contributed by atoms with Gasteiger partial charge in [0.15, 0.2) is 0 Å². The summed E-state index contributed by atoms with van der Waals surface area (Å²) in [6, 6.07) is 5.49. The predicted octanol–water partition coefficient (Wildman–Crippen LogP) is 1.57. The van der Waals surface area contributed by atoms with Gasteiger partial charge in [-0.3, -0.25) is 14.9 Å². The number of nitrogens with zero attached hydrogens (tertiary/aromatic N) is 1. The molecule has 0 aliphatic carbocycles. The number of piperidine rings is 1. The predicted molar refractivity (Wildman–Crippen MR) is 90.9 cm³/mol. The molecule has 0 bridgehead atoms. The van der Waals surface area contributed by atoms with E-state index in [1.807, 2.05) is 0 Å². The molecule has 2 aliphatic rings. The standard InChI is InChI=1S/C18H22FN3O4/c1-18(16(24)20-17(25)21-18)8-5-15(23)22-9-6-13(7-10-22)26-14-4-2-3-12(19)11-14/h2-4,11,13H,5-10H2,1H3,(H2,20,21,24,25)/t18-/m1/s1. The summed E-state index contributed by atoms with van der Waals surface area (Å²) in [5, 5.41) is 4.74. The number of hydrogen-bond acceptors (Lipinski definition) is 4. The fourth-order valence-corrected chi connectivity index (χ4v) is 3.23. The minimum atomic E-state index is -1.04. The van der Waals surface area contributed by atoms with Crippen LogP contribution in [0.25, 0.3) is 0 Å². The van der Waals surface area contributed by atoms with Gasteiger partial charge in [0.05, 0.1) is 0 Å². The van der Waals surface area contributed by atoms with E-state index in [0.717, 1.165) is 0 Å². The summed E-state index contributed by atoms with van der Waals surface area (Å²) >= 11 is 0. The van der Waals surface area contributed by atoms with Crippen LogP contribution < -0.4 is 15.4 Å². The van der Waals surface area contributed by atoms with Crippen LogP contribution in [0.15, 0.2) is 24.3 Å². The molecular formula is C18H22FN3O4. The molecule has 0 unspecified atom stereocenters. The van der Waals surface area contributed by atoms with Gasteiger partial charge in [0, 0.05) is 38.4 Å². The second-order valence-corrected chi connectivity index (χ2v) is 6.90. The lowest BCUT2D eigenvalue weighted by Gasteiger charge is -2.33. The van der Waals surface area contributed by atoms with Crippen molar-refractivity contribution in [3.8, 4) is 5.75 Å². The highest BCUT2D eigenvalue weighted by Crippen LogP contribution is 2.22. The van der Waals surface area contributed by atoms with E-state index in [-0.39, 0.29) is 30.7 Å². The average molecular weight is 363 g/mol. The Kier molecular flexibility index (Phi) is 5.11. The first-order valence-electron chi connectivity index (χ1n) is 8.69. The van der Waals surface area contributed by atoms with E-state index in [4.69, 9.17) is 4.74 Å². The highest BCUT2D eigenvalue weighted by molar-refractivity contribution is 6.06. The highest BCUT2D eigenvalue weighted by Gasteiger charge is 2.42. The third kappa shape index (κ3) is 4.12. The van der Waals surface area contributed by atoms with E-state index < -0.39 is 17.5 Å². The van der Waals surface area contributed by atoms with Gasteiger partial charge in [-0.15, -0.1) is 0 Å². The van der Waals surface area contributed by atoms with Gasteiger partial charge in [-0.25, -0.2) is 9.18 Å². The minimum absolute atomic E-state index is 0.0515. The van der Waals surface area contributed by atoms with Crippen molar-refractivity contribution in [2.75, 3.05) is 13.1 Å². The van der Waals surface area contributed by atoms with E-state index >= 15 is 0 Å². The van der Waals surface area contributed by atoms with Crippen molar-refractivity contribution in [3.63, 3.8) is 0 Å². The summed E-state index contributed by atoms with van der Waals surface area (Å²) in [5.74, 6) is -0.306. The number of rotatable bonds is 5. The number of nitrogens with one attached hydrogen (secondary N) is 2. The van der Waals surface area contributed by atoms with E-state index in [1.165, 1.54) is 12.1 Å². The van der Waals surface area contributed by atoms with Crippen LogP contribution in [0.4, 0.5) is 9.18 Å². The second kappa shape index (κ2) is 7.31. The summed E-state index contributed by atoms with van der Waals surface area (Å²) in [5.41, 5.74) is -1.04. The van der Waals surface area contributed by atoms with Crippen LogP contribution in [-0.4, -0.2) is 47.5 Å². The number of imide groups is 1. The second-order valence-electron chi connectivity index (χ2n) is 6.90. The number of likely N-dealkylation sites (tertiary alicyclic amines) is 1. The van der Waals surface area contributed by atoms with Crippen LogP contribution >= 0.6 is 0 Å². The molecule has 2 N–H and O–H groups in total. The lowest BCUT2D eigenvalue weighted by molar-refractivity contribution is -0.133. The van der Waals surface area contributed by atoms with Crippen molar-refractivity contribution in [1.29, 1.82) is 0 Å². The topological polar surface area (TPSA) is 87.7 Å². The van der Waals surface area contributed by atoms with Crippen LogP contribution in [0, 0.1) is 5.82 Å². The summed E-state index contributed by atoms with van der Waals surface area (Å²) in [4.78, 5) is 37.1. The number of ether oxygens (including phenoxy) is 1. The van der Waals surface area contributed by atoms with Crippen molar-refractivity contribution in [1.82, 2.24) is 15.5 Å². The Morgan fingerprint density at radius 3 is 2.69 bits per heavy atom. The molecule has 2 saturated heterocycles. The van der Waals surface area contributed by atoms with Gasteiger partial charge >= 0.3 is 6.03 Å². The SMILES string of the molecule is C[C@]1(CCC(=O)N2CCC(Oc3cccc(F)c3)CC2)NC(=O)NC1=O. The molecule has 2 heterocycles. The third-order valence-electron chi connectivity index (χ3n) is 4.85. The van der Waals surface area contributed by atoms with Crippen LogP contribution in [0.5, 0.6) is 5.75 Å². The van der Waals surface area contributed by atoms with E-state index in [2.05, 4.69) is 10.6 Å². The molecule has 1 atom stereocenters. The highest BCUT2D eigenvalue weighted by atomic mass is 19.1. The van der Waals surface area contributed by atoms with Crippen LogP contribution in [0.3, 0.4) is 0 Å². The number of carbonyl (C=O) groups is 3. The Balaban J connectivity index is 1.45. The van der Waals surface area contributed by atoms with Crippen molar-refractivity contribution in [2.45, 2.75) is 44.2 Å². The summed E-state index contributed by atoms with van der Waals surface area (Å²) in [6.45, 7) is 2.71.